The molecule has 0 amide bonds. The van der Waals surface area contributed by atoms with Crippen molar-refractivity contribution in [2.45, 2.75) is 50.2 Å². The fraction of sp³-hybridized carbons (Fsp3) is 0.400. The molecule has 1 aliphatic heterocycles. The van der Waals surface area contributed by atoms with E-state index in [0.29, 0.717) is 4.47 Å². The molecule has 4 atom stereocenters. The van der Waals surface area contributed by atoms with Crippen molar-refractivity contribution in [1.29, 1.82) is 0 Å². The van der Waals surface area contributed by atoms with E-state index in [1.54, 1.807) is 19.1 Å². The molecule has 2 heterocycles. The summed E-state index contributed by atoms with van der Waals surface area (Å²) in [6.07, 6.45) is -3.78. The molecule has 0 spiro atoms. The molecule has 0 unspecified atom stereocenters. The van der Waals surface area contributed by atoms with Crippen LogP contribution in [0.2, 0.25) is 0 Å². The number of halogens is 1. The average molecular weight is 560 g/mol. The van der Waals surface area contributed by atoms with Crippen molar-refractivity contribution in [2.24, 2.45) is 0 Å². The Labute approximate surface area is 203 Å². The number of aromatic amines is 1. The molecule has 3 rings (SSSR count). The number of nitrogens with one attached hydrogen (secondary N) is 2. The highest BCUT2D eigenvalue weighted by Crippen LogP contribution is 2.32. The largest absolute Gasteiger partial charge is 0.463 e. The van der Waals surface area contributed by atoms with Gasteiger partial charge in [-0.1, -0.05) is 17.7 Å². The molecule has 1 aliphatic rings. The molecule has 1 aromatic carbocycles. The summed E-state index contributed by atoms with van der Waals surface area (Å²) >= 11 is 3.22. The molecule has 34 heavy (non-hydrogen) atoms. The summed E-state index contributed by atoms with van der Waals surface area (Å²) in [5.41, 5.74) is 0.175. The van der Waals surface area contributed by atoms with E-state index in [0.717, 1.165) is 12.5 Å². The number of H-pyrrole nitrogens is 1. The van der Waals surface area contributed by atoms with Crippen molar-refractivity contribution in [1.82, 2.24) is 9.97 Å². The van der Waals surface area contributed by atoms with E-state index in [-0.39, 0.29) is 17.3 Å². The van der Waals surface area contributed by atoms with Gasteiger partial charge in [-0.2, -0.15) is 8.42 Å². The van der Waals surface area contributed by atoms with Gasteiger partial charge in [-0.25, -0.2) is 9.78 Å². The second-order valence-electron chi connectivity index (χ2n) is 7.36. The number of ether oxygens (including phenoxy) is 3. The summed E-state index contributed by atoms with van der Waals surface area (Å²) in [4.78, 5) is 40.7. The lowest BCUT2D eigenvalue weighted by Gasteiger charge is -2.24. The van der Waals surface area contributed by atoms with Crippen LogP contribution in [0.4, 0.5) is 5.82 Å². The van der Waals surface area contributed by atoms with Crippen molar-refractivity contribution in [3.05, 3.63) is 51.0 Å². The zero-order valence-corrected chi connectivity index (χ0v) is 20.7. The highest BCUT2D eigenvalue weighted by atomic mass is 79.9. The van der Waals surface area contributed by atoms with E-state index >= 15 is 0 Å². The lowest BCUT2D eigenvalue weighted by Crippen LogP contribution is -2.43. The van der Waals surface area contributed by atoms with Gasteiger partial charge >= 0.3 is 17.6 Å². The van der Waals surface area contributed by atoms with Gasteiger partial charge in [0.2, 0.25) is 0 Å². The molecule has 2 aromatic rings. The van der Waals surface area contributed by atoms with Crippen LogP contribution in [0.1, 0.15) is 19.4 Å². The van der Waals surface area contributed by atoms with Gasteiger partial charge in [-0.15, -0.1) is 0 Å². The third kappa shape index (κ3) is 6.40. The maximum Gasteiger partial charge on any atom is 0.346 e. The summed E-state index contributed by atoms with van der Waals surface area (Å²) in [5, 5.41) is 2.83. The summed E-state index contributed by atoms with van der Waals surface area (Å²) in [7, 11) is -4.33. The van der Waals surface area contributed by atoms with E-state index in [2.05, 4.69) is 31.2 Å². The lowest BCUT2D eigenvalue weighted by molar-refractivity contribution is -0.151. The number of aryl methyl sites for hydroxylation is 1. The average Bonchev–Trinajstić information content (AvgIpc) is 3.04. The molecule has 1 aromatic heterocycles. The van der Waals surface area contributed by atoms with Gasteiger partial charge in [0.05, 0.1) is 15.6 Å². The molecule has 0 aliphatic carbocycles. The highest BCUT2D eigenvalue weighted by Gasteiger charge is 2.51. The molecule has 184 valence electrons. The normalized spacial score (nSPS) is 22.2. The van der Waals surface area contributed by atoms with Crippen molar-refractivity contribution >= 4 is 43.8 Å². The third-order valence-corrected chi connectivity index (χ3v) is 6.59. The fourth-order valence-electron chi connectivity index (χ4n) is 3.15. The van der Waals surface area contributed by atoms with E-state index in [1.165, 1.54) is 25.3 Å². The predicted molar refractivity (Wildman–Crippen MR) is 120 cm³/mol. The monoisotopic (exact) mass is 559 g/mol. The Morgan fingerprint density at radius 3 is 2.47 bits per heavy atom. The van der Waals surface area contributed by atoms with Crippen LogP contribution in [0, 0.1) is 6.92 Å². The molecule has 1 saturated heterocycles. The minimum atomic E-state index is -4.33. The summed E-state index contributed by atoms with van der Waals surface area (Å²) in [6.45, 7) is 3.72. The van der Waals surface area contributed by atoms with Crippen LogP contribution in [0.25, 0.3) is 0 Å². The molecule has 1 fully saturated rings. The number of rotatable bonds is 8. The van der Waals surface area contributed by atoms with Crippen molar-refractivity contribution in [3.8, 4) is 0 Å². The fourth-order valence-corrected chi connectivity index (χ4v) is 4.57. The van der Waals surface area contributed by atoms with Crippen LogP contribution in [-0.2, 0) is 38.1 Å². The topological polar surface area (TPSA) is 163 Å². The Hall–Kier alpha value is -2.81. The number of anilines is 1. The zero-order chi connectivity index (χ0) is 25.0. The molecule has 12 nitrogen and oxygen atoms in total. The number of hydrogen-bond donors (Lipinski definition) is 2. The van der Waals surface area contributed by atoms with Crippen LogP contribution in [-0.4, -0.2) is 61.5 Å². The van der Waals surface area contributed by atoms with Crippen LogP contribution in [0.5, 0.6) is 0 Å². The Kier molecular flexibility index (Phi) is 8.07. The Morgan fingerprint density at radius 1 is 1.18 bits per heavy atom. The molecule has 0 saturated carbocycles. The number of esters is 2. The van der Waals surface area contributed by atoms with Crippen molar-refractivity contribution < 1.29 is 36.4 Å². The van der Waals surface area contributed by atoms with Gasteiger partial charge in [-0.05, 0) is 35.0 Å². The van der Waals surface area contributed by atoms with E-state index in [9.17, 15) is 22.8 Å². The first-order chi connectivity index (χ1) is 16.0. The molecule has 14 heteroatoms. The first-order valence-electron chi connectivity index (χ1n) is 9.93. The number of carbonyl (C=O) groups excluding carboxylic acids is 2. The van der Waals surface area contributed by atoms with Crippen LogP contribution >= 0.6 is 15.9 Å². The van der Waals surface area contributed by atoms with Gasteiger partial charge in [0.25, 0.3) is 10.1 Å². The molecular weight excluding hydrogens is 538 g/mol. The highest BCUT2D eigenvalue weighted by molar-refractivity contribution is 9.10. The lowest BCUT2D eigenvalue weighted by atomic mass is 10.1. The van der Waals surface area contributed by atoms with Gasteiger partial charge in [-0.3, -0.25) is 18.8 Å². The maximum atomic E-state index is 13.0. The van der Waals surface area contributed by atoms with Crippen LogP contribution < -0.4 is 11.0 Å². The molecule has 0 bridgehead atoms. The van der Waals surface area contributed by atoms with Crippen molar-refractivity contribution in [3.63, 3.8) is 0 Å². The minimum absolute atomic E-state index is 0.122. The smallest absolute Gasteiger partial charge is 0.346 e. The third-order valence-electron chi connectivity index (χ3n) is 4.66. The first-order valence-corrected chi connectivity index (χ1v) is 12.1. The van der Waals surface area contributed by atoms with E-state index in [4.69, 9.17) is 18.4 Å². The molecular formula is C20H22BrN3O9S. The van der Waals surface area contributed by atoms with Crippen LogP contribution in [0.3, 0.4) is 0 Å². The summed E-state index contributed by atoms with van der Waals surface area (Å²) in [5.74, 6) is -1.24. The number of aromatic nitrogens is 2. The minimum Gasteiger partial charge on any atom is -0.463 e. The number of carbonyl (C=O) groups is 2. The summed E-state index contributed by atoms with van der Waals surface area (Å²) in [6, 6.07) is 5.94. The Bertz CT molecular complexity index is 1220. The quantitative estimate of drug-likeness (QED) is 0.353. The van der Waals surface area contributed by atoms with Crippen LogP contribution in [0.15, 0.2) is 44.6 Å². The SMILES string of the molecule is CC(=O)OC[C@H]1O[C@@H](Nc2[nH]c(=O)ncc2Br)[C@H](OC(C)=O)[C@H]1OS(=O)(=O)c1ccc(C)cc1. The molecule has 0 radical (unpaired) electrons. The first kappa shape index (κ1) is 25.8. The van der Waals surface area contributed by atoms with Gasteiger partial charge in [0.1, 0.15) is 24.6 Å². The predicted octanol–water partition coefficient (Wildman–Crippen LogP) is 1.25. The number of benzene rings is 1. The van der Waals surface area contributed by atoms with Crippen molar-refractivity contribution in [2.75, 3.05) is 11.9 Å². The maximum absolute atomic E-state index is 13.0. The van der Waals surface area contributed by atoms with E-state index < -0.39 is 52.3 Å². The number of hydrogen-bond acceptors (Lipinski definition) is 11. The van der Waals surface area contributed by atoms with Gasteiger partial charge < -0.3 is 19.5 Å². The summed E-state index contributed by atoms with van der Waals surface area (Å²) < 4.78 is 47.9. The Morgan fingerprint density at radius 2 is 1.85 bits per heavy atom. The standard InChI is InChI=1S/C20H22BrN3O9S/c1-10-4-6-13(7-5-10)34(28,29)33-16-15(9-30-11(2)25)32-19(17(16)31-12(3)26)23-18-14(21)8-22-20(27)24-18/h4-8,15-17,19H,9H2,1-3H3,(H2,22,23,24,27)/t15-,16+,17-,19-/m1/s1. The van der Waals surface area contributed by atoms with Gasteiger partial charge in [0, 0.05) is 13.8 Å². The second-order valence-corrected chi connectivity index (χ2v) is 9.78. The number of nitrogens with zero attached hydrogens (tertiary/aromatic N) is 1. The van der Waals surface area contributed by atoms with Gasteiger partial charge in [0.15, 0.2) is 12.3 Å². The van der Waals surface area contributed by atoms with E-state index in [1.807, 2.05) is 0 Å². The second kappa shape index (κ2) is 10.6. The Balaban J connectivity index is 1.96. The molecule has 2 N–H and O–H groups in total. The zero-order valence-electron chi connectivity index (χ0n) is 18.3.